The summed E-state index contributed by atoms with van der Waals surface area (Å²) in [6, 6.07) is 10.1. The number of amides is 2. The van der Waals surface area contributed by atoms with Crippen molar-refractivity contribution in [3.05, 3.63) is 47.6 Å². The van der Waals surface area contributed by atoms with Gasteiger partial charge in [0.25, 0.3) is 0 Å². The molecular formula is C20H27N5O2. The molecule has 4 rings (SSSR count). The number of benzene rings is 1. The van der Waals surface area contributed by atoms with Crippen LogP contribution in [0.2, 0.25) is 0 Å². The number of carbonyl (C=O) groups is 1. The van der Waals surface area contributed by atoms with Gasteiger partial charge in [-0.25, -0.2) is 4.79 Å². The van der Waals surface area contributed by atoms with Crippen molar-refractivity contribution in [2.45, 2.75) is 50.1 Å². The predicted molar refractivity (Wildman–Crippen MR) is 101 cm³/mol. The number of likely N-dealkylation sites (tertiary alicyclic amines) is 1. The number of nitrogens with zero attached hydrogens (tertiary/aromatic N) is 4. The fraction of sp³-hybridized carbons (Fsp3) is 0.550. The molecule has 1 saturated carbocycles. The van der Waals surface area contributed by atoms with E-state index in [2.05, 4.69) is 10.1 Å². The molecule has 144 valence electrons. The summed E-state index contributed by atoms with van der Waals surface area (Å²) in [6.45, 7) is 2.02. The monoisotopic (exact) mass is 369 g/mol. The quantitative estimate of drug-likeness (QED) is 0.895. The van der Waals surface area contributed by atoms with E-state index >= 15 is 0 Å². The van der Waals surface area contributed by atoms with Crippen molar-refractivity contribution in [1.82, 2.24) is 19.9 Å². The first-order valence-electron chi connectivity index (χ1n) is 9.72. The Morgan fingerprint density at radius 1 is 1.30 bits per heavy atom. The predicted octanol–water partition coefficient (Wildman–Crippen LogP) is 2.84. The largest absolute Gasteiger partial charge is 0.339 e. The molecule has 1 aliphatic carbocycles. The summed E-state index contributed by atoms with van der Waals surface area (Å²) in [7, 11) is 1.85. The number of piperidine rings is 1. The van der Waals surface area contributed by atoms with Crippen molar-refractivity contribution in [3.8, 4) is 0 Å². The van der Waals surface area contributed by atoms with E-state index in [1.54, 1.807) is 4.90 Å². The van der Waals surface area contributed by atoms with Crippen molar-refractivity contribution < 1.29 is 9.32 Å². The van der Waals surface area contributed by atoms with Crippen molar-refractivity contribution in [3.63, 3.8) is 0 Å². The molecule has 1 aromatic carbocycles. The van der Waals surface area contributed by atoms with Gasteiger partial charge in [0.05, 0.1) is 5.54 Å². The molecule has 1 aliphatic heterocycles. The van der Waals surface area contributed by atoms with E-state index in [4.69, 9.17) is 10.3 Å². The van der Waals surface area contributed by atoms with Gasteiger partial charge in [0.2, 0.25) is 5.89 Å². The van der Waals surface area contributed by atoms with Crippen LogP contribution in [0.1, 0.15) is 55.3 Å². The van der Waals surface area contributed by atoms with Crippen LogP contribution in [0.5, 0.6) is 0 Å². The fourth-order valence-electron chi connectivity index (χ4n) is 3.87. The Labute approximate surface area is 159 Å². The Hall–Kier alpha value is -2.41. The van der Waals surface area contributed by atoms with E-state index in [1.165, 1.54) is 0 Å². The molecule has 0 atom stereocenters. The molecule has 1 saturated heterocycles. The summed E-state index contributed by atoms with van der Waals surface area (Å²) in [5, 5.41) is 4.11. The van der Waals surface area contributed by atoms with Crippen LogP contribution in [0.25, 0.3) is 0 Å². The van der Waals surface area contributed by atoms with E-state index < -0.39 is 5.54 Å². The van der Waals surface area contributed by atoms with Gasteiger partial charge in [-0.15, -0.1) is 0 Å². The third-order valence-corrected chi connectivity index (χ3v) is 5.84. The van der Waals surface area contributed by atoms with Gasteiger partial charge in [-0.3, -0.25) is 0 Å². The fourth-order valence-corrected chi connectivity index (χ4v) is 3.87. The van der Waals surface area contributed by atoms with Crippen molar-refractivity contribution >= 4 is 6.03 Å². The van der Waals surface area contributed by atoms with Gasteiger partial charge >= 0.3 is 6.03 Å². The SMILES string of the molecule is CN(Cc1ccccc1)C(=O)N1CCC(c2nc(C3(N)CCC3)no2)CC1. The number of hydrogen-bond acceptors (Lipinski definition) is 5. The molecule has 2 aliphatic rings. The zero-order valence-electron chi connectivity index (χ0n) is 15.8. The van der Waals surface area contributed by atoms with E-state index in [9.17, 15) is 4.79 Å². The van der Waals surface area contributed by atoms with Crippen molar-refractivity contribution in [2.75, 3.05) is 20.1 Å². The zero-order valence-corrected chi connectivity index (χ0v) is 15.8. The lowest BCUT2D eigenvalue weighted by Gasteiger charge is -2.34. The van der Waals surface area contributed by atoms with E-state index in [0.717, 1.165) is 37.7 Å². The second-order valence-electron chi connectivity index (χ2n) is 7.85. The van der Waals surface area contributed by atoms with Crippen LogP contribution < -0.4 is 5.73 Å². The Balaban J connectivity index is 1.31. The van der Waals surface area contributed by atoms with Crippen LogP contribution in [0.4, 0.5) is 4.79 Å². The Kier molecular flexibility index (Phi) is 4.86. The van der Waals surface area contributed by atoms with Crippen molar-refractivity contribution in [1.29, 1.82) is 0 Å². The van der Waals surface area contributed by atoms with Gasteiger partial charge in [-0.05, 0) is 37.7 Å². The van der Waals surface area contributed by atoms with Crippen LogP contribution in [-0.2, 0) is 12.1 Å². The first-order valence-corrected chi connectivity index (χ1v) is 9.72. The summed E-state index contributed by atoms with van der Waals surface area (Å²) in [5.41, 5.74) is 7.02. The average Bonchev–Trinajstić information content (AvgIpc) is 3.17. The third kappa shape index (κ3) is 3.69. The molecule has 2 heterocycles. The molecule has 0 spiro atoms. The smallest absolute Gasteiger partial charge is 0.320 e. The van der Waals surface area contributed by atoms with Gasteiger partial charge in [0.15, 0.2) is 5.82 Å². The molecule has 2 fully saturated rings. The van der Waals surface area contributed by atoms with Crippen LogP contribution in [0.15, 0.2) is 34.9 Å². The van der Waals surface area contributed by atoms with Crippen LogP contribution in [0, 0.1) is 0 Å². The highest BCUT2D eigenvalue weighted by Gasteiger charge is 2.40. The zero-order chi connectivity index (χ0) is 18.9. The molecule has 0 radical (unpaired) electrons. The minimum absolute atomic E-state index is 0.0684. The first kappa shape index (κ1) is 18.0. The van der Waals surface area contributed by atoms with Gasteiger partial charge in [0, 0.05) is 32.6 Å². The number of hydrogen-bond donors (Lipinski definition) is 1. The van der Waals surface area contributed by atoms with Crippen molar-refractivity contribution in [2.24, 2.45) is 5.73 Å². The summed E-state index contributed by atoms with van der Waals surface area (Å²) >= 11 is 0. The minimum atomic E-state index is -0.390. The van der Waals surface area contributed by atoms with E-state index in [1.807, 2.05) is 42.3 Å². The molecule has 1 aromatic heterocycles. The molecular weight excluding hydrogens is 342 g/mol. The number of nitrogens with two attached hydrogens (primary N) is 1. The van der Waals surface area contributed by atoms with E-state index in [0.29, 0.717) is 31.3 Å². The number of carbonyl (C=O) groups excluding carboxylic acids is 1. The highest BCUT2D eigenvalue weighted by Crippen LogP contribution is 2.38. The standard InChI is InChI=1S/C20H27N5O2/c1-24(14-15-6-3-2-4-7-15)19(26)25-12-8-16(9-13-25)17-22-18(23-27-17)20(21)10-5-11-20/h2-4,6-7,16H,5,8-14,21H2,1H3. The topological polar surface area (TPSA) is 88.5 Å². The lowest BCUT2D eigenvalue weighted by Crippen LogP contribution is -2.45. The van der Waals surface area contributed by atoms with Gasteiger partial charge in [0.1, 0.15) is 0 Å². The maximum Gasteiger partial charge on any atom is 0.320 e. The highest BCUT2D eigenvalue weighted by atomic mass is 16.5. The number of rotatable bonds is 4. The number of aromatic nitrogens is 2. The van der Waals surface area contributed by atoms with Gasteiger partial charge < -0.3 is 20.1 Å². The normalized spacial score (nSPS) is 19.6. The molecule has 7 heteroatoms. The highest BCUT2D eigenvalue weighted by molar-refractivity contribution is 5.74. The van der Waals surface area contributed by atoms with Crippen LogP contribution in [-0.4, -0.2) is 46.1 Å². The van der Waals surface area contributed by atoms with Gasteiger partial charge in [-0.1, -0.05) is 35.5 Å². The summed E-state index contributed by atoms with van der Waals surface area (Å²) in [6.07, 6.45) is 4.64. The molecule has 2 N–H and O–H groups in total. The summed E-state index contributed by atoms with van der Waals surface area (Å²) in [4.78, 5) is 21.0. The minimum Gasteiger partial charge on any atom is -0.339 e. The molecule has 2 aromatic rings. The number of urea groups is 1. The maximum absolute atomic E-state index is 12.7. The Bertz CT molecular complexity index is 779. The summed E-state index contributed by atoms with van der Waals surface area (Å²) in [5.74, 6) is 1.52. The molecule has 0 bridgehead atoms. The molecule has 2 amide bonds. The Morgan fingerprint density at radius 2 is 2.00 bits per heavy atom. The lowest BCUT2D eigenvalue weighted by atomic mass is 9.77. The third-order valence-electron chi connectivity index (χ3n) is 5.84. The summed E-state index contributed by atoms with van der Waals surface area (Å²) < 4.78 is 5.49. The average molecular weight is 369 g/mol. The molecule has 0 unspecified atom stereocenters. The molecule has 7 nitrogen and oxygen atoms in total. The second-order valence-corrected chi connectivity index (χ2v) is 7.85. The molecule has 27 heavy (non-hydrogen) atoms. The van der Waals surface area contributed by atoms with Crippen LogP contribution >= 0.6 is 0 Å². The first-order chi connectivity index (χ1) is 13.0. The Morgan fingerprint density at radius 3 is 2.63 bits per heavy atom. The second kappa shape index (κ2) is 7.31. The maximum atomic E-state index is 12.7. The van der Waals surface area contributed by atoms with E-state index in [-0.39, 0.29) is 11.9 Å². The van der Waals surface area contributed by atoms with Crippen LogP contribution in [0.3, 0.4) is 0 Å². The van der Waals surface area contributed by atoms with Gasteiger partial charge in [-0.2, -0.15) is 4.98 Å². The lowest BCUT2D eigenvalue weighted by molar-refractivity contribution is 0.143.